The molecule has 0 aromatic carbocycles. The molecule has 2 aromatic heterocycles. The third kappa shape index (κ3) is 4.31. The van der Waals surface area contributed by atoms with Crippen molar-refractivity contribution in [3.8, 4) is 0 Å². The molecule has 3 heterocycles. The summed E-state index contributed by atoms with van der Waals surface area (Å²) in [6.45, 7) is 10.3. The number of hydrogen-bond donors (Lipinski definition) is 2. The summed E-state index contributed by atoms with van der Waals surface area (Å²) in [4.78, 5) is 4.40. The highest BCUT2D eigenvalue weighted by Gasteiger charge is 2.22. The van der Waals surface area contributed by atoms with Crippen molar-refractivity contribution in [2.24, 2.45) is 18.0 Å². The smallest absolute Gasteiger partial charge is 0.191 e. The van der Waals surface area contributed by atoms with Crippen LogP contribution in [-0.4, -0.2) is 50.1 Å². The van der Waals surface area contributed by atoms with Crippen molar-refractivity contribution in [1.82, 2.24) is 35.2 Å². The predicted octanol–water partition coefficient (Wildman–Crippen LogP) is 1.30. The molecule has 2 atom stereocenters. The van der Waals surface area contributed by atoms with E-state index in [1.54, 1.807) is 0 Å². The first-order chi connectivity index (χ1) is 12.9. The van der Waals surface area contributed by atoms with E-state index in [0.29, 0.717) is 5.92 Å². The van der Waals surface area contributed by atoms with E-state index >= 15 is 0 Å². The lowest BCUT2D eigenvalue weighted by atomic mass is 9.99. The van der Waals surface area contributed by atoms with Gasteiger partial charge in [0.25, 0.3) is 0 Å². The monoisotopic (exact) mass is 372 g/mol. The van der Waals surface area contributed by atoms with Crippen LogP contribution in [0.25, 0.3) is 0 Å². The molecule has 3 rings (SSSR count). The standard InChI is InChI=1S/C19H32N8/c1-12(9-17-13(2)25-26(6)14(17)3)22-19(20-5)21-10-16-7-8-18-24-23-15(4)27(18)11-16/h12,16H,7-11H2,1-6H3,(H2,20,21,22). The first-order valence-electron chi connectivity index (χ1n) is 9.74. The Morgan fingerprint density at radius 3 is 2.74 bits per heavy atom. The lowest BCUT2D eigenvalue weighted by Crippen LogP contribution is -2.45. The molecule has 1 aliphatic heterocycles. The summed E-state index contributed by atoms with van der Waals surface area (Å²) in [5, 5.41) is 20.0. The number of hydrogen-bond acceptors (Lipinski definition) is 4. The second-order valence-electron chi connectivity index (χ2n) is 7.65. The van der Waals surface area contributed by atoms with Crippen LogP contribution in [0.4, 0.5) is 0 Å². The number of nitrogens with zero attached hydrogens (tertiary/aromatic N) is 6. The van der Waals surface area contributed by atoms with Crippen molar-refractivity contribution in [3.05, 3.63) is 28.6 Å². The van der Waals surface area contributed by atoms with Gasteiger partial charge in [0.15, 0.2) is 5.96 Å². The molecule has 0 spiro atoms. The minimum Gasteiger partial charge on any atom is -0.356 e. The molecule has 2 unspecified atom stereocenters. The van der Waals surface area contributed by atoms with Crippen LogP contribution in [0.2, 0.25) is 0 Å². The summed E-state index contributed by atoms with van der Waals surface area (Å²) in [7, 11) is 3.82. The third-order valence-corrected chi connectivity index (χ3v) is 5.56. The summed E-state index contributed by atoms with van der Waals surface area (Å²) in [5.74, 6) is 3.53. The Morgan fingerprint density at radius 2 is 2.07 bits per heavy atom. The normalized spacial score (nSPS) is 18.3. The van der Waals surface area contributed by atoms with Gasteiger partial charge in [-0.1, -0.05) is 0 Å². The van der Waals surface area contributed by atoms with Crippen molar-refractivity contribution in [2.75, 3.05) is 13.6 Å². The SMILES string of the molecule is CN=C(NCC1CCc2nnc(C)n2C1)NC(C)Cc1c(C)nn(C)c1C. The van der Waals surface area contributed by atoms with E-state index in [-0.39, 0.29) is 6.04 Å². The Bertz CT molecular complexity index is 816. The lowest BCUT2D eigenvalue weighted by Gasteiger charge is -2.25. The van der Waals surface area contributed by atoms with Gasteiger partial charge < -0.3 is 15.2 Å². The molecule has 0 radical (unpaired) electrons. The Labute approximate surface area is 161 Å². The first kappa shape index (κ1) is 19.4. The first-order valence-corrected chi connectivity index (χ1v) is 9.74. The third-order valence-electron chi connectivity index (χ3n) is 5.56. The van der Waals surface area contributed by atoms with E-state index in [9.17, 15) is 0 Å². The highest BCUT2D eigenvalue weighted by Crippen LogP contribution is 2.19. The van der Waals surface area contributed by atoms with Crippen LogP contribution < -0.4 is 10.6 Å². The molecule has 0 amide bonds. The summed E-state index contributed by atoms with van der Waals surface area (Å²) in [6, 6.07) is 0.274. The zero-order valence-corrected chi connectivity index (χ0v) is 17.4. The Morgan fingerprint density at radius 1 is 1.30 bits per heavy atom. The van der Waals surface area contributed by atoms with Gasteiger partial charge >= 0.3 is 0 Å². The molecular weight excluding hydrogens is 340 g/mol. The van der Waals surface area contributed by atoms with Gasteiger partial charge in [0.2, 0.25) is 0 Å². The molecule has 0 bridgehead atoms. The fraction of sp³-hybridized carbons (Fsp3) is 0.684. The summed E-state index contributed by atoms with van der Waals surface area (Å²) in [6.07, 6.45) is 3.06. The lowest BCUT2D eigenvalue weighted by molar-refractivity contribution is 0.358. The number of fused-ring (bicyclic) bond motifs is 1. The molecule has 0 saturated carbocycles. The second-order valence-corrected chi connectivity index (χ2v) is 7.65. The molecule has 8 nitrogen and oxygen atoms in total. The maximum absolute atomic E-state index is 4.51. The number of guanidine groups is 1. The number of aliphatic imine (C=N–C) groups is 1. The predicted molar refractivity (Wildman–Crippen MR) is 107 cm³/mol. The fourth-order valence-electron chi connectivity index (χ4n) is 3.84. The van der Waals surface area contributed by atoms with E-state index in [2.05, 4.69) is 56.3 Å². The van der Waals surface area contributed by atoms with Crippen molar-refractivity contribution in [3.63, 3.8) is 0 Å². The van der Waals surface area contributed by atoms with Crippen molar-refractivity contribution < 1.29 is 0 Å². The topological polar surface area (TPSA) is 84.9 Å². The number of aromatic nitrogens is 5. The van der Waals surface area contributed by atoms with Crippen LogP contribution in [-0.2, 0) is 26.4 Å². The number of aryl methyl sites for hydroxylation is 4. The molecule has 0 aliphatic carbocycles. The minimum atomic E-state index is 0.274. The Hall–Kier alpha value is -2.38. The average Bonchev–Trinajstić information content (AvgIpc) is 3.13. The number of rotatable bonds is 5. The van der Waals surface area contributed by atoms with Gasteiger partial charge in [0.1, 0.15) is 11.6 Å². The van der Waals surface area contributed by atoms with Crippen molar-refractivity contribution >= 4 is 5.96 Å². The maximum atomic E-state index is 4.51. The van der Waals surface area contributed by atoms with Crippen LogP contribution in [0, 0.1) is 26.7 Å². The largest absolute Gasteiger partial charge is 0.356 e. The quantitative estimate of drug-likeness (QED) is 0.610. The Kier molecular flexibility index (Phi) is 5.82. The summed E-state index contributed by atoms with van der Waals surface area (Å²) >= 11 is 0. The van der Waals surface area contributed by atoms with Gasteiger partial charge in [-0.05, 0) is 52.0 Å². The van der Waals surface area contributed by atoms with Crippen molar-refractivity contribution in [2.45, 2.75) is 59.5 Å². The van der Waals surface area contributed by atoms with E-state index in [0.717, 1.165) is 55.7 Å². The highest BCUT2D eigenvalue weighted by atomic mass is 15.3. The summed E-state index contributed by atoms with van der Waals surface area (Å²) in [5.41, 5.74) is 3.65. The van der Waals surface area contributed by atoms with E-state index < -0.39 is 0 Å². The summed E-state index contributed by atoms with van der Waals surface area (Å²) < 4.78 is 4.19. The Balaban J connectivity index is 1.51. The molecule has 2 N–H and O–H groups in total. The van der Waals surface area contributed by atoms with Crippen LogP contribution in [0.5, 0.6) is 0 Å². The minimum absolute atomic E-state index is 0.274. The van der Waals surface area contributed by atoms with Gasteiger partial charge in [-0.15, -0.1) is 10.2 Å². The van der Waals surface area contributed by atoms with Crippen LogP contribution in [0.1, 0.15) is 41.9 Å². The van der Waals surface area contributed by atoms with Gasteiger partial charge in [0, 0.05) is 45.3 Å². The van der Waals surface area contributed by atoms with E-state index in [1.165, 1.54) is 11.3 Å². The van der Waals surface area contributed by atoms with Gasteiger partial charge in [-0.25, -0.2) is 0 Å². The fourth-order valence-corrected chi connectivity index (χ4v) is 3.84. The molecule has 1 aliphatic rings. The van der Waals surface area contributed by atoms with Crippen molar-refractivity contribution in [1.29, 1.82) is 0 Å². The molecule has 0 saturated heterocycles. The molecule has 0 fully saturated rings. The van der Waals surface area contributed by atoms with Gasteiger partial charge in [0.05, 0.1) is 5.69 Å². The molecule has 2 aromatic rings. The van der Waals surface area contributed by atoms with E-state index in [4.69, 9.17) is 0 Å². The van der Waals surface area contributed by atoms with Crippen LogP contribution in [0.3, 0.4) is 0 Å². The van der Waals surface area contributed by atoms with Gasteiger partial charge in [-0.3, -0.25) is 9.67 Å². The zero-order valence-electron chi connectivity index (χ0n) is 17.4. The molecule has 8 heteroatoms. The molecule has 148 valence electrons. The van der Waals surface area contributed by atoms with Crippen LogP contribution in [0.15, 0.2) is 4.99 Å². The second kappa shape index (κ2) is 8.10. The zero-order chi connectivity index (χ0) is 19.6. The van der Waals surface area contributed by atoms with E-state index in [1.807, 2.05) is 25.7 Å². The van der Waals surface area contributed by atoms with Gasteiger partial charge in [-0.2, -0.15) is 5.10 Å². The average molecular weight is 373 g/mol. The van der Waals surface area contributed by atoms with Crippen LogP contribution >= 0.6 is 0 Å². The molecule has 27 heavy (non-hydrogen) atoms. The maximum Gasteiger partial charge on any atom is 0.191 e. The number of nitrogens with one attached hydrogen (secondary N) is 2. The highest BCUT2D eigenvalue weighted by molar-refractivity contribution is 5.79. The molecular formula is C19H32N8.